The standard InChI is InChI=1S/C20H21NO2S/c1-5-18-19(13-17-9-7-6-8-10-17)21(18)24(22,23)20-15(3)11-14(2)12-16(20)4/h1,6-12,18-19H,13H2,2-4H3/t18-,19+,21?/m1/s1. The average Bonchev–Trinajstić information content (AvgIpc) is 3.20. The molecule has 0 radical (unpaired) electrons. The van der Waals surface area contributed by atoms with Crippen molar-refractivity contribution in [2.24, 2.45) is 0 Å². The smallest absolute Gasteiger partial charge is 0.207 e. The molecule has 0 aliphatic carbocycles. The van der Waals surface area contributed by atoms with Gasteiger partial charge in [0.15, 0.2) is 0 Å². The van der Waals surface area contributed by atoms with E-state index in [1.165, 1.54) is 4.31 Å². The Morgan fingerprint density at radius 2 is 1.67 bits per heavy atom. The maximum Gasteiger partial charge on any atom is 0.245 e. The first-order valence-electron chi connectivity index (χ1n) is 7.97. The van der Waals surface area contributed by atoms with Crippen molar-refractivity contribution in [2.45, 2.75) is 44.2 Å². The van der Waals surface area contributed by atoms with Crippen molar-refractivity contribution in [3.05, 3.63) is 64.7 Å². The van der Waals surface area contributed by atoms with Gasteiger partial charge >= 0.3 is 0 Å². The molecule has 2 aromatic rings. The van der Waals surface area contributed by atoms with Gasteiger partial charge in [0.25, 0.3) is 0 Å². The highest BCUT2D eigenvalue weighted by Crippen LogP contribution is 2.39. The van der Waals surface area contributed by atoms with E-state index in [4.69, 9.17) is 6.42 Å². The van der Waals surface area contributed by atoms with Gasteiger partial charge in [-0.15, -0.1) is 6.42 Å². The van der Waals surface area contributed by atoms with Crippen LogP contribution in [0.4, 0.5) is 0 Å². The second-order valence-corrected chi connectivity index (χ2v) is 8.21. The van der Waals surface area contributed by atoms with Crippen LogP contribution >= 0.6 is 0 Å². The van der Waals surface area contributed by atoms with Gasteiger partial charge in [0.2, 0.25) is 10.0 Å². The predicted octanol–water partition coefficient (Wildman–Crippen LogP) is 3.23. The van der Waals surface area contributed by atoms with Gasteiger partial charge in [0, 0.05) is 0 Å². The third-order valence-corrected chi connectivity index (χ3v) is 6.69. The minimum absolute atomic E-state index is 0.164. The molecule has 3 rings (SSSR count). The van der Waals surface area contributed by atoms with Gasteiger partial charge in [-0.3, -0.25) is 0 Å². The number of hydrogen-bond acceptors (Lipinski definition) is 2. The van der Waals surface area contributed by atoms with E-state index in [1.807, 2.05) is 63.2 Å². The molecule has 2 aromatic carbocycles. The lowest BCUT2D eigenvalue weighted by molar-refractivity contribution is 0.547. The Kier molecular flexibility index (Phi) is 4.25. The van der Waals surface area contributed by atoms with Gasteiger partial charge in [-0.05, 0) is 43.9 Å². The first-order chi connectivity index (χ1) is 11.4. The largest absolute Gasteiger partial charge is 0.245 e. The number of hydrogen-bond donors (Lipinski definition) is 0. The average molecular weight is 339 g/mol. The van der Waals surface area contributed by atoms with Crippen LogP contribution in [0.15, 0.2) is 47.4 Å². The summed E-state index contributed by atoms with van der Waals surface area (Å²) in [6.07, 6.45) is 6.22. The SMILES string of the molecule is C#C[C@@H]1[C@H](Cc2ccccc2)N1S(=O)(=O)c1c(C)cc(C)cc1C. The van der Waals surface area contributed by atoms with Gasteiger partial charge in [0.1, 0.15) is 6.04 Å². The molecule has 0 bridgehead atoms. The van der Waals surface area contributed by atoms with Gasteiger partial charge < -0.3 is 0 Å². The minimum atomic E-state index is -3.58. The summed E-state index contributed by atoms with van der Waals surface area (Å²) in [5, 5.41) is 0. The fourth-order valence-corrected chi connectivity index (χ4v) is 5.64. The number of aryl methyl sites for hydroxylation is 3. The lowest BCUT2D eigenvalue weighted by Gasteiger charge is -2.13. The van der Waals surface area contributed by atoms with E-state index >= 15 is 0 Å². The number of rotatable bonds is 4. The molecule has 0 aromatic heterocycles. The number of terminal acetylenes is 1. The molecule has 0 spiro atoms. The van der Waals surface area contributed by atoms with E-state index in [0.29, 0.717) is 11.3 Å². The first kappa shape index (κ1) is 16.8. The molecule has 0 amide bonds. The molecular formula is C20H21NO2S. The van der Waals surface area contributed by atoms with Crippen LogP contribution in [0.2, 0.25) is 0 Å². The Hall–Kier alpha value is -2.09. The summed E-state index contributed by atoms with van der Waals surface area (Å²) in [4.78, 5) is 0.393. The number of nitrogens with zero attached hydrogens (tertiary/aromatic N) is 1. The van der Waals surface area contributed by atoms with Crippen molar-refractivity contribution in [3.8, 4) is 12.3 Å². The van der Waals surface area contributed by atoms with E-state index < -0.39 is 10.0 Å². The van der Waals surface area contributed by atoms with E-state index in [-0.39, 0.29) is 12.1 Å². The molecule has 3 nitrogen and oxygen atoms in total. The summed E-state index contributed by atoms with van der Waals surface area (Å²) >= 11 is 0. The van der Waals surface area contributed by atoms with Gasteiger partial charge in [0.05, 0.1) is 10.9 Å². The van der Waals surface area contributed by atoms with Crippen LogP contribution in [0, 0.1) is 33.1 Å². The van der Waals surface area contributed by atoms with E-state index in [2.05, 4.69) is 5.92 Å². The maximum atomic E-state index is 13.1. The highest BCUT2D eigenvalue weighted by atomic mass is 32.2. The Labute approximate surface area is 144 Å². The molecule has 1 heterocycles. The first-order valence-corrected chi connectivity index (χ1v) is 9.41. The second-order valence-electron chi connectivity index (χ2n) is 6.43. The summed E-state index contributed by atoms with van der Waals surface area (Å²) < 4.78 is 27.8. The molecule has 1 saturated heterocycles. The summed E-state index contributed by atoms with van der Waals surface area (Å²) in [7, 11) is -3.58. The summed E-state index contributed by atoms with van der Waals surface area (Å²) in [6, 6.07) is 13.1. The Balaban J connectivity index is 1.95. The molecule has 4 heteroatoms. The van der Waals surface area contributed by atoms with Crippen LogP contribution in [0.25, 0.3) is 0 Å². The van der Waals surface area contributed by atoms with Crippen molar-refractivity contribution in [2.75, 3.05) is 0 Å². The van der Waals surface area contributed by atoms with Crippen LogP contribution in [-0.4, -0.2) is 24.8 Å². The molecule has 3 atom stereocenters. The summed E-state index contributed by atoms with van der Waals surface area (Å²) in [5.74, 6) is 2.63. The van der Waals surface area contributed by atoms with Crippen LogP contribution < -0.4 is 0 Å². The zero-order valence-electron chi connectivity index (χ0n) is 14.2. The molecule has 1 fully saturated rings. The highest BCUT2D eigenvalue weighted by molar-refractivity contribution is 7.89. The van der Waals surface area contributed by atoms with Gasteiger partial charge in [-0.1, -0.05) is 53.9 Å². The zero-order chi connectivity index (χ0) is 17.5. The molecule has 0 saturated carbocycles. The Morgan fingerprint density at radius 3 is 2.21 bits per heavy atom. The molecule has 1 unspecified atom stereocenters. The fraction of sp³-hybridized carbons (Fsp3) is 0.300. The summed E-state index contributed by atoms with van der Waals surface area (Å²) in [6.45, 7) is 5.65. The Bertz CT molecular complexity index is 887. The van der Waals surface area contributed by atoms with Crippen LogP contribution in [0.3, 0.4) is 0 Å². The van der Waals surface area contributed by atoms with Crippen molar-refractivity contribution in [1.29, 1.82) is 0 Å². The van der Waals surface area contributed by atoms with Gasteiger partial charge in [-0.25, -0.2) is 8.42 Å². The second kappa shape index (κ2) is 6.08. The highest BCUT2D eigenvalue weighted by Gasteiger charge is 2.55. The fourth-order valence-electron chi connectivity index (χ4n) is 3.51. The van der Waals surface area contributed by atoms with Crippen LogP contribution in [0.5, 0.6) is 0 Å². The molecule has 1 aliphatic heterocycles. The van der Waals surface area contributed by atoms with Crippen LogP contribution in [0.1, 0.15) is 22.3 Å². The van der Waals surface area contributed by atoms with E-state index in [0.717, 1.165) is 22.3 Å². The minimum Gasteiger partial charge on any atom is -0.207 e. The lowest BCUT2D eigenvalue weighted by atomic mass is 10.1. The zero-order valence-corrected chi connectivity index (χ0v) is 15.0. The van der Waals surface area contributed by atoms with Crippen molar-refractivity contribution >= 4 is 10.0 Å². The van der Waals surface area contributed by atoms with E-state index in [9.17, 15) is 8.42 Å². The molecule has 24 heavy (non-hydrogen) atoms. The number of benzene rings is 2. The molecular weight excluding hydrogens is 318 g/mol. The van der Waals surface area contributed by atoms with Crippen LogP contribution in [-0.2, 0) is 16.4 Å². The van der Waals surface area contributed by atoms with Crippen molar-refractivity contribution in [1.82, 2.24) is 4.31 Å². The third-order valence-electron chi connectivity index (χ3n) is 4.47. The third kappa shape index (κ3) is 2.86. The van der Waals surface area contributed by atoms with Crippen molar-refractivity contribution < 1.29 is 8.42 Å². The summed E-state index contributed by atoms with van der Waals surface area (Å²) in [5.41, 5.74) is 3.70. The van der Waals surface area contributed by atoms with Crippen molar-refractivity contribution in [3.63, 3.8) is 0 Å². The van der Waals surface area contributed by atoms with Gasteiger partial charge in [-0.2, -0.15) is 4.31 Å². The monoisotopic (exact) mass is 339 g/mol. The Morgan fingerprint density at radius 1 is 1.08 bits per heavy atom. The molecule has 0 N–H and O–H groups in total. The normalized spacial score (nSPS) is 22.8. The quantitative estimate of drug-likeness (QED) is 0.633. The molecule has 1 aliphatic rings. The predicted molar refractivity (Wildman–Crippen MR) is 96.2 cm³/mol. The lowest BCUT2D eigenvalue weighted by Crippen LogP contribution is -2.19. The van der Waals surface area contributed by atoms with E-state index in [1.54, 1.807) is 0 Å². The number of sulfonamides is 1. The maximum absolute atomic E-state index is 13.1. The molecule has 124 valence electrons. The topological polar surface area (TPSA) is 37.1 Å².